The summed E-state index contributed by atoms with van der Waals surface area (Å²) in [6.45, 7) is 3.95. The molecule has 0 bridgehead atoms. The molecule has 2 heterocycles. The maximum Gasteiger partial charge on any atom is 0.220 e. The topological polar surface area (TPSA) is 3.01 Å². The molecule has 1 spiro atoms. The summed E-state index contributed by atoms with van der Waals surface area (Å²) in [6, 6.07) is 10.8. The first kappa shape index (κ1) is 7.39. The lowest BCUT2D eigenvalue weighted by atomic mass is 10.3. The van der Waals surface area contributed by atoms with Crippen molar-refractivity contribution >= 4 is 5.69 Å². The normalized spacial score (nSPS) is 23.8. The van der Waals surface area contributed by atoms with E-state index in [0.717, 1.165) is 0 Å². The molecule has 13 heavy (non-hydrogen) atoms. The summed E-state index contributed by atoms with van der Waals surface area (Å²) in [6.07, 6.45) is 2.81. The third-order valence-corrected chi connectivity index (χ3v) is 3.28. The standard InChI is InChI=1S/C11H15N2/c1-2-6-11(7-3-1)12-10-13(12)8-4-5-9-13/h1-3,6-7H,4-5,8-10H2/q+1. The van der Waals surface area contributed by atoms with Crippen LogP contribution < -0.4 is 5.01 Å². The molecule has 0 aromatic heterocycles. The van der Waals surface area contributed by atoms with E-state index in [1.54, 1.807) is 0 Å². The Morgan fingerprint density at radius 3 is 2.38 bits per heavy atom. The smallest absolute Gasteiger partial charge is 0.195 e. The molecule has 0 amide bonds. The van der Waals surface area contributed by atoms with Gasteiger partial charge in [0.2, 0.25) is 6.67 Å². The Bertz CT molecular complexity index is 301. The fraction of sp³-hybridized carbons (Fsp3) is 0.455. The van der Waals surface area contributed by atoms with Gasteiger partial charge in [0, 0.05) is 12.8 Å². The van der Waals surface area contributed by atoms with Crippen molar-refractivity contribution in [3.8, 4) is 0 Å². The highest BCUT2D eigenvalue weighted by Crippen LogP contribution is 2.39. The van der Waals surface area contributed by atoms with Gasteiger partial charge in [0.25, 0.3) is 0 Å². The zero-order chi connectivity index (χ0) is 8.73. The van der Waals surface area contributed by atoms with Gasteiger partial charge in [0.05, 0.1) is 5.69 Å². The Morgan fingerprint density at radius 1 is 1.00 bits per heavy atom. The van der Waals surface area contributed by atoms with Crippen LogP contribution in [0.1, 0.15) is 12.8 Å². The number of benzene rings is 1. The van der Waals surface area contributed by atoms with E-state index in [-0.39, 0.29) is 0 Å². The van der Waals surface area contributed by atoms with Gasteiger partial charge < -0.3 is 0 Å². The lowest BCUT2D eigenvalue weighted by Gasteiger charge is -2.10. The van der Waals surface area contributed by atoms with Crippen molar-refractivity contribution in [2.24, 2.45) is 0 Å². The molecule has 0 aliphatic carbocycles. The molecule has 0 unspecified atom stereocenters. The van der Waals surface area contributed by atoms with Crippen LogP contribution in [0.4, 0.5) is 5.69 Å². The lowest BCUT2D eigenvalue weighted by Crippen LogP contribution is -2.26. The third kappa shape index (κ3) is 1.05. The molecule has 1 aromatic carbocycles. The second kappa shape index (κ2) is 2.48. The highest BCUT2D eigenvalue weighted by molar-refractivity contribution is 5.45. The van der Waals surface area contributed by atoms with Crippen molar-refractivity contribution in [3.05, 3.63) is 30.3 Å². The highest BCUT2D eigenvalue weighted by Gasteiger charge is 2.54. The summed E-state index contributed by atoms with van der Waals surface area (Å²) in [5, 5.41) is 2.51. The van der Waals surface area contributed by atoms with Crippen molar-refractivity contribution in [2.75, 3.05) is 24.8 Å². The Labute approximate surface area is 78.9 Å². The van der Waals surface area contributed by atoms with Crippen molar-refractivity contribution in [2.45, 2.75) is 12.8 Å². The zero-order valence-corrected chi connectivity index (χ0v) is 7.82. The van der Waals surface area contributed by atoms with Gasteiger partial charge in [-0.3, -0.25) is 0 Å². The molecule has 0 saturated carbocycles. The number of hydrogen-bond acceptors (Lipinski definition) is 1. The first-order chi connectivity index (χ1) is 6.41. The monoisotopic (exact) mass is 175 g/mol. The fourth-order valence-electron chi connectivity index (χ4n) is 2.45. The molecule has 3 rings (SSSR count). The Hall–Kier alpha value is -1.02. The van der Waals surface area contributed by atoms with E-state index in [9.17, 15) is 0 Å². The van der Waals surface area contributed by atoms with Crippen molar-refractivity contribution in [3.63, 3.8) is 0 Å². The second-order valence-corrected chi connectivity index (χ2v) is 4.13. The average Bonchev–Trinajstić information content (AvgIpc) is 2.66. The molecule has 2 fully saturated rings. The number of para-hydroxylation sites is 1. The number of quaternary nitrogens is 1. The van der Waals surface area contributed by atoms with Crippen LogP contribution in [0.3, 0.4) is 0 Å². The summed E-state index contributed by atoms with van der Waals surface area (Å²) in [7, 11) is 0. The van der Waals surface area contributed by atoms with Crippen LogP contribution in [0.25, 0.3) is 0 Å². The summed E-state index contributed by atoms with van der Waals surface area (Å²) >= 11 is 0. The molecule has 2 aliphatic heterocycles. The van der Waals surface area contributed by atoms with E-state index in [1.165, 1.54) is 42.9 Å². The molecule has 0 atom stereocenters. The second-order valence-electron chi connectivity index (χ2n) is 4.13. The van der Waals surface area contributed by atoms with Gasteiger partial charge in [-0.1, -0.05) is 18.2 Å². The molecule has 2 nitrogen and oxygen atoms in total. The third-order valence-electron chi connectivity index (χ3n) is 3.28. The van der Waals surface area contributed by atoms with Crippen LogP contribution in [0.15, 0.2) is 30.3 Å². The van der Waals surface area contributed by atoms with Crippen LogP contribution in [-0.4, -0.2) is 24.4 Å². The van der Waals surface area contributed by atoms with Gasteiger partial charge in [-0.15, -0.1) is 0 Å². The van der Waals surface area contributed by atoms with Gasteiger partial charge >= 0.3 is 0 Å². The summed E-state index contributed by atoms with van der Waals surface area (Å²) in [4.78, 5) is 0. The van der Waals surface area contributed by atoms with Crippen LogP contribution in [0.2, 0.25) is 0 Å². The van der Waals surface area contributed by atoms with Gasteiger partial charge in [-0.2, -0.15) is 9.60 Å². The fourth-order valence-corrected chi connectivity index (χ4v) is 2.45. The van der Waals surface area contributed by atoms with Crippen LogP contribution in [0, 0.1) is 0 Å². The number of rotatable bonds is 1. The van der Waals surface area contributed by atoms with Gasteiger partial charge in [-0.05, 0) is 12.1 Å². The Balaban J connectivity index is 1.83. The van der Waals surface area contributed by atoms with E-state index in [2.05, 4.69) is 35.3 Å². The maximum atomic E-state index is 2.51. The average molecular weight is 175 g/mol. The lowest BCUT2D eigenvalue weighted by molar-refractivity contribution is -0.791. The number of nitrogens with zero attached hydrogens (tertiary/aromatic N) is 2. The van der Waals surface area contributed by atoms with E-state index >= 15 is 0 Å². The van der Waals surface area contributed by atoms with Crippen molar-refractivity contribution < 1.29 is 4.59 Å². The molecular formula is C11H15N2+. The highest BCUT2D eigenvalue weighted by atomic mass is 15.9. The van der Waals surface area contributed by atoms with Crippen LogP contribution >= 0.6 is 0 Å². The van der Waals surface area contributed by atoms with Crippen LogP contribution in [0.5, 0.6) is 0 Å². The maximum absolute atomic E-state index is 2.51. The first-order valence-electron chi connectivity index (χ1n) is 5.10. The minimum atomic E-state index is 1.24. The van der Waals surface area contributed by atoms with E-state index in [0.29, 0.717) is 0 Å². The minimum absolute atomic E-state index is 1.24. The quantitative estimate of drug-likeness (QED) is 0.466. The molecule has 1 aromatic rings. The molecular weight excluding hydrogens is 160 g/mol. The van der Waals surface area contributed by atoms with Crippen molar-refractivity contribution in [1.29, 1.82) is 0 Å². The molecule has 2 aliphatic rings. The first-order valence-corrected chi connectivity index (χ1v) is 5.10. The Morgan fingerprint density at radius 2 is 1.69 bits per heavy atom. The predicted octanol–water partition coefficient (Wildman–Crippen LogP) is 1.99. The summed E-state index contributed by atoms with van der Waals surface area (Å²) < 4.78 is 1.24. The Kier molecular flexibility index (Phi) is 1.41. The van der Waals surface area contributed by atoms with Crippen LogP contribution in [-0.2, 0) is 0 Å². The largest absolute Gasteiger partial charge is 0.220 e. The van der Waals surface area contributed by atoms with Crippen molar-refractivity contribution in [1.82, 2.24) is 0 Å². The van der Waals surface area contributed by atoms with E-state index < -0.39 is 0 Å². The molecule has 2 saturated heterocycles. The SMILES string of the molecule is c1ccc(N2C[N+]23CCCC3)cc1. The number of hydrogen-bond donors (Lipinski definition) is 0. The molecule has 0 radical (unpaired) electrons. The number of anilines is 1. The minimum Gasteiger partial charge on any atom is -0.195 e. The zero-order valence-electron chi connectivity index (χ0n) is 7.82. The van der Waals surface area contributed by atoms with E-state index in [4.69, 9.17) is 0 Å². The summed E-state index contributed by atoms with van der Waals surface area (Å²) in [5.74, 6) is 0. The van der Waals surface area contributed by atoms with Gasteiger partial charge in [0.15, 0.2) is 0 Å². The predicted molar refractivity (Wildman–Crippen MR) is 53.0 cm³/mol. The van der Waals surface area contributed by atoms with E-state index in [1.807, 2.05) is 0 Å². The molecule has 0 N–H and O–H groups in total. The van der Waals surface area contributed by atoms with Gasteiger partial charge in [-0.25, -0.2) is 0 Å². The molecule has 68 valence electrons. The summed E-state index contributed by atoms with van der Waals surface area (Å²) in [5.41, 5.74) is 1.39. The molecule has 2 heteroatoms. The van der Waals surface area contributed by atoms with Gasteiger partial charge in [0.1, 0.15) is 13.1 Å².